The van der Waals surface area contributed by atoms with E-state index in [9.17, 15) is 0 Å². The standard InChI is InChI=1S/C11H11N5S/c1-8-6-13-10(17-8)7-14-11-9-2-3-15-16(9)5-4-12-11/h2-6H,7H2,1H3,(H,12,14). The highest BCUT2D eigenvalue weighted by atomic mass is 32.1. The minimum Gasteiger partial charge on any atom is -0.362 e. The predicted octanol–water partition coefficient (Wildman–Crippen LogP) is 2.11. The van der Waals surface area contributed by atoms with Crippen LogP contribution in [-0.2, 0) is 6.54 Å². The molecule has 0 amide bonds. The molecule has 0 unspecified atom stereocenters. The molecule has 0 fully saturated rings. The van der Waals surface area contributed by atoms with E-state index in [-0.39, 0.29) is 0 Å². The Morgan fingerprint density at radius 3 is 3.12 bits per heavy atom. The van der Waals surface area contributed by atoms with Crippen LogP contribution in [0.2, 0.25) is 0 Å². The van der Waals surface area contributed by atoms with Gasteiger partial charge in [0.2, 0.25) is 0 Å². The molecule has 3 rings (SSSR count). The lowest BCUT2D eigenvalue weighted by Crippen LogP contribution is -2.02. The third-order valence-corrected chi connectivity index (χ3v) is 3.31. The van der Waals surface area contributed by atoms with Crippen LogP contribution in [0.25, 0.3) is 5.52 Å². The highest BCUT2D eigenvalue weighted by Gasteiger charge is 2.04. The van der Waals surface area contributed by atoms with E-state index in [0.29, 0.717) is 6.54 Å². The summed E-state index contributed by atoms with van der Waals surface area (Å²) in [6.07, 6.45) is 7.20. The van der Waals surface area contributed by atoms with Crippen molar-refractivity contribution in [3.8, 4) is 0 Å². The van der Waals surface area contributed by atoms with Gasteiger partial charge in [-0.25, -0.2) is 14.5 Å². The molecule has 6 heteroatoms. The van der Waals surface area contributed by atoms with E-state index in [0.717, 1.165) is 16.3 Å². The first-order valence-electron chi connectivity index (χ1n) is 5.26. The number of fused-ring (bicyclic) bond motifs is 1. The smallest absolute Gasteiger partial charge is 0.152 e. The molecule has 86 valence electrons. The minimum atomic E-state index is 0.691. The summed E-state index contributed by atoms with van der Waals surface area (Å²) in [4.78, 5) is 9.83. The third kappa shape index (κ3) is 1.99. The molecule has 5 nitrogen and oxygen atoms in total. The van der Waals surface area contributed by atoms with Crippen LogP contribution in [0.5, 0.6) is 0 Å². The van der Waals surface area contributed by atoms with E-state index in [1.54, 1.807) is 28.2 Å². The van der Waals surface area contributed by atoms with Crippen LogP contribution in [0.1, 0.15) is 9.88 Å². The number of rotatable bonds is 3. The Morgan fingerprint density at radius 1 is 1.35 bits per heavy atom. The van der Waals surface area contributed by atoms with Gasteiger partial charge >= 0.3 is 0 Å². The van der Waals surface area contributed by atoms with Crippen LogP contribution in [0, 0.1) is 6.92 Å². The normalized spacial score (nSPS) is 10.9. The Kier molecular flexibility index (Phi) is 2.49. The summed E-state index contributed by atoms with van der Waals surface area (Å²) in [5.41, 5.74) is 0.973. The van der Waals surface area contributed by atoms with Crippen molar-refractivity contribution >= 4 is 22.7 Å². The second kappa shape index (κ2) is 4.14. The van der Waals surface area contributed by atoms with Gasteiger partial charge in [0.25, 0.3) is 0 Å². The summed E-state index contributed by atoms with van der Waals surface area (Å²) >= 11 is 1.69. The van der Waals surface area contributed by atoms with Gasteiger partial charge in [0.05, 0.1) is 12.7 Å². The Morgan fingerprint density at radius 2 is 2.29 bits per heavy atom. The Balaban J connectivity index is 1.83. The van der Waals surface area contributed by atoms with Crippen LogP contribution in [0.4, 0.5) is 5.82 Å². The van der Waals surface area contributed by atoms with E-state index in [4.69, 9.17) is 0 Å². The number of nitrogens with zero attached hydrogens (tertiary/aromatic N) is 4. The van der Waals surface area contributed by atoms with Gasteiger partial charge in [-0.15, -0.1) is 11.3 Å². The summed E-state index contributed by atoms with van der Waals surface area (Å²) < 4.78 is 1.79. The maximum atomic E-state index is 4.31. The van der Waals surface area contributed by atoms with Gasteiger partial charge in [0.1, 0.15) is 10.5 Å². The molecule has 0 saturated carbocycles. The predicted molar refractivity (Wildman–Crippen MR) is 67.2 cm³/mol. The lowest BCUT2D eigenvalue weighted by molar-refractivity contribution is 0.941. The molecule has 0 aliphatic heterocycles. The number of hydrogen-bond donors (Lipinski definition) is 1. The summed E-state index contributed by atoms with van der Waals surface area (Å²) in [5, 5.41) is 8.50. The zero-order valence-electron chi connectivity index (χ0n) is 9.29. The van der Waals surface area contributed by atoms with Gasteiger partial charge in [0, 0.05) is 23.5 Å². The van der Waals surface area contributed by atoms with Crippen molar-refractivity contribution < 1.29 is 0 Å². The Hall–Kier alpha value is -1.95. The summed E-state index contributed by atoms with van der Waals surface area (Å²) in [7, 11) is 0. The average molecular weight is 245 g/mol. The first-order chi connectivity index (χ1) is 8.33. The summed E-state index contributed by atoms with van der Waals surface area (Å²) in [6.45, 7) is 2.74. The lowest BCUT2D eigenvalue weighted by Gasteiger charge is -2.04. The van der Waals surface area contributed by atoms with E-state index >= 15 is 0 Å². The number of aryl methyl sites for hydroxylation is 1. The monoisotopic (exact) mass is 245 g/mol. The molecular weight excluding hydrogens is 234 g/mol. The second-order valence-corrected chi connectivity index (χ2v) is 4.97. The number of hydrogen-bond acceptors (Lipinski definition) is 5. The van der Waals surface area contributed by atoms with Gasteiger partial charge in [-0.3, -0.25) is 0 Å². The molecule has 0 aromatic carbocycles. The molecule has 0 spiro atoms. The topological polar surface area (TPSA) is 55.1 Å². The van der Waals surface area contributed by atoms with Crippen LogP contribution in [-0.4, -0.2) is 19.6 Å². The Labute approximate surface area is 102 Å². The quantitative estimate of drug-likeness (QED) is 0.767. The largest absolute Gasteiger partial charge is 0.362 e. The van der Waals surface area contributed by atoms with Crippen molar-refractivity contribution in [3.05, 3.63) is 40.7 Å². The summed E-state index contributed by atoms with van der Waals surface area (Å²) in [5.74, 6) is 0.831. The molecule has 3 aromatic rings. The van der Waals surface area contributed by atoms with Crippen LogP contribution < -0.4 is 5.32 Å². The van der Waals surface area contributed by atoms with Crippen molar-refractivity contribution in [1.29, 1.82) is 0 Å². The number of aromatic nitrogens is 4. The molecule has 1 N–H and O–H groups in total. The van der Waals surface area contributed by atoms with Crippen LogP contribution in [0.15, 0.2) is 30.9 Å². The number of nitrogens with one attached hydrogen (secondary N) is 1. The zero-order chi connectivity index (χ0) is 11.7. The van der Waals surface area contributed by atoms with E-state index in [1.165, 1.54) is 4.88 Å². The van der Waals surface area contributed by atoms with Gasteiger partial charge in [-0.05, 0) is 13.0 Å². The van der Waals surface area contributed by atoms with Crippen LogP contribution >= 0.6 is 11.3 Å². The molecule has 0 aliphatic carbocycles. The molecule has 0 atom stereocenters. The second-order valence-electron chi connectivity index (χ2n) is 3.66. The fraction of sp³-hybridized carbons (Fsp3) is 0.182. The van der Waals surface area contributed by atoms with E-state index < -0.39 is 0 Å². The van der Waals surface area contributed by atoms with Crippen molar-refractivity contribution in [2.24, 2.45) is 0 Å². The highest BCUT2D eigenvalue weighted by Crippen LogP contribution is 2.16. The fourth-order valence-corrected chi connectivity index (χ4v) is 2.36. The van der Waals surface area contributed by atoms with Crippen LogP contribution in [0.3, 0.4) is 0 Å². The maximum Gasteiger partial charge on any atom is 0.152 e. The molecule has 0 bridgehead atoms. The summed E-state index contributed by atoms with van der Waals surface area (Å²) in [6, 6.07) is 1.93. The molecule has 0 radical (unpaired) electrons. The number of anilines is 1. The molecule has 0 saturated heterocycles. The van der Waals surface area contributed by atoms with Crippen molar-refractivity contribution in [3.63, 3.8) is 0 Å². The maximum absolute atomic E-state index is 4.31. The zero-order valence-corrected chi connectivity index (χ0v) is 10.1. The molecular formula is C11H11N5S. The van der Waals surface area contributed by atoms with E-state index in [1.807, 2.05) is 18.5 Å². The van der Waals surface area contributed by atoms with Gasteiger partial charge in [-0.2, -0.15) is 5.10 Å². The first kappa shape index (κ1) is 10.2. The Bertz CT molecular complexity index is 642. The van der Waals surface area contributed by atoms with Crippen molar-refractivity contribution in [1.82, 2.24) is 19.6 Å². The van der Waals surface area contributed by atoms with Crippen molar-refractivity contribution in [2.75, 3.05) is 5.32 Å². The number of thiazole rings is 1. The minimum absolute atomic E-state index is 0.691. The van der Waals surface area contributed by atoms with Crippen molar-refractivity contribution in [2.45, 2.75) is 13.5 Å². The highest BCUT2D eigenvalue weighted by molar-refractivity contribution is 7.11. The van der Waals surface area contributed by atoms with Gasteiger partial charge in [0.15, 0.2) is 5.82 Å². The molecule has 17 heavy (non-hydrogen) atoms. The van der Waals surface area contributed by atoms with Gasteiger partial charge < -0.3 is 5.32 Å². The van der Waals surface area contributed by atoms with E-state index in [2.05, 4.69) is 27.3 Å². The van der Waals surface area contributed by atoms with Gasteiger partial charge in [-0.1, -0.05) is 0 Å². The lowest BCUT2D eigenvalue weighted by atomic mass is 10.4. The molecule has 3 heterocycles. The average Bonchev–Trinajstić information content (AvgIpc) is 2.94. The molecule has 3 aromatic heterocycles. The fourth-order valence-electron chi connectivity index (χ4n) is 1.64. The SMILES string of the molecule is Cc1cnc(CNc2nccn3nccc23)s1. The molecule has 0 aliphatic rings. The third-order valence-electron chi connectivity index (χ3n) is 2.40. The first-order valence-corrected chi connectivity index (χ1v) is 6.08.